The Hall–Kier alpha value is -0.870. The highest BCUT2D eigenvalue weighted by atomic mass is 79.9. The largest absolute Gasteiger partial charge is 0.373 e. The number of nitrogens with two attached hydrogens (primary N) is 1. The Kier molecular flexibility index (Phi) is 3.54. The first-order valence-corrected chi connectivity index (χ1v) is 6.51. The first-order valence-electron chi connectivity index (χ1n) is 5.72. The molecule has 1 aliphatic carbocycles. The first kappa shape index (κ1) is 12.6. The molecule has 2 atom stereocenters. The highest BCUT2D eigenvalue weighted by molar-refractivity contribution is 9.10. The maximum Gasteiger partial charge on any atom is 0.330 e. The first-order chi connectivity index (χ1) is 8.05. The third-order valence-electron chi connectivity index (χ3n) is 3.68. The van der Waals surface area contributed by atoms with Gasteiger partial charge in [-0.25, -0.2) is 4.79 Å². The molecule has 92 valence electrons. The van der Waals surface area contributed by atoms with Crippen molar-refractivity contribution in [2.24, 2.45) is 11.3 Å². The summed E-state index contributed by atoms with van der Waals surface area (Å²) in [6.45, 7) is 1.93. The van der Waals surface area contributed by atoms with Gasteiger partial charge in [0.05, 0.1) is 5.41 Å². The van der Waals surface area contributed by atoms with Crippen molar-refractivity contribution in [2.45, 2.75) is 32.1 Å². The number of rotatable bonds is 2. The minimum absolute atomic E-state index is 0.294. The van der Waals surface area contributed by atoms with Gasteiger partial charge in [0.15, 0.2) is 0 Å². The maximum atomic E-state index is 11.6. The van der Waals surface area contributed by atoms with Crippen LogP contribution in [0.4, 0.5) is 0 Å². The molecular formula is C13H16BrNO2. The SMILES string of the molecule is CC1(C(=O)ON)CC[C@@H](c2ccc(Br)cc2)C1. The van der Waals surface area contributed by atoms with Crippen molar-refractivity contribution in [1.82, 2.24) is 0 Å². The Bertz CT molecular complexity index is 418. The summed E-state index contributed by atoms with van der Waals surface area (Å²) < 4.78 is 1.07. The van der Waals surface area contributed by atoms with E-state index in [1.165, 1.54) is 5.56 Å². The van der Waals surface area contributed by atoms with E-state index in [0.717, 1.165) is 23.7 Å². The van der Waals surface area contributed by atoms with E-state index in [1.54, 1.807) is 0 Å². The van der Waals surface area contributed by atoms with Crippen LogP contribution in [0, 0.1) is 5.41 Å². The van der Waals surface area contributed by atoms with E-state index < -0.39 is 5.41 Å². The van der Waals surface area contributed by atoms with Gasteiger partial charge in [0, 0.05) is 4.47 Å². The van der Waals surface area contributed by atoms with E-state index in [1.807, 2.05) is 19.1 Å². The molecule has 0 amide bonds. The van der Waals surface area contributed by atoms with Crippen LogP contribution in [-0.4, -0.2) is 5.97 Å². The van der Waals surface area contributed by atoms with Crippen molar-refractivity contribution in [2.75, 3.05) is 0 Å². The highest BCUT2D eigenvalue weighted by Crippen LogP contribution is 2.47. The average Bonchev–Trinajstić information content (AvgIpc) is 2.73. The van der Waals surface area contributed by atoms with Crippen molar-refractivity contribution in [3.8, 4) is 0 Å². The Morgan fingerprint density at radius 1 is 1.47 bits per heavy atom. The average molecular weight is 298 g/mol. The topological polar surface area (TPSA) is 52.3 Å². The number of benzene rings is 1. The Morgan fingerprint density at radius 3 is 2.71 bits per heavy atom. The predicted molar refractivity (Wildman–Crippen MR) is 69.1 cm³/mol. The zero-order valence-corrected chi connectivity index (χ0v) is 11.4. The molecule has 2 N–H and O–H groups in total. The van der Waals surface area contributed by atoms with Crippen LogP contribution in [-0.2, 0) is 9.63 Å². The van der Waals surface area contributed by atoms with Crippen LogP contribution in [0.15, 0.2) is 28.7 Å². The molecule has 1 aromatic carbocycles. The second-order valence-electron chi connectivity index (χ2n) is 4.96. The molecule has 0 spiro atoms. The molecule has 0 heterocycles. The van der Waals surface area contributed by atoms with Gasteiger partial charge in [-0.15, -0.1) is 0 Å². The van der Waals surface area contributed by atoms with E-state index in [9.17, 15) is 4.79 Å². The lowest BCUT2D eigenvalue weighted by atomic mass is 9.86. The lowest BCUT2D eigenvalue weighted by Gasteiger charge is -2.20. The Morgan fingerprint density at radius 2 is 2.12 bits per heavy atom. The summed E-state index contributed by atoms with van der Waals surface area (Å²) >= 11 is 3.42. The summed E-state index contributed by atoms with van der Waals surface area (Å²) in [6.07, 6.45) is 2.65. The van der Waals surface area contributed by atoms with Crippen molar-refractivity contribution in [1.29, 1.82) is 0 Å². The summed E-state index contributed by atoms with van der Waals surface area (Å²) in [4.78, 5) is 16.0. The maximum absolute atomic E-state index is 11.6. The third-order valence-corrected chi connectivity index (χ3v) is 4.21. The zero-order valence-electron chi connectivity index (χ0n) is 9.78. The molecule has 0 saturated heterocycles. The van der Waals surface area contributed by atoms with Crippen molar-refractivity contribution in [3.05, 3.63) is 34.3 Å². The standard InChI is InChI=1S/C13H16BrNO2/c1-13(12(16)17-15)7-6-10(8-13)9-2-4-11(14)5-3-9/h2-5,10H,6-8,15H2,1H3/t10-,13?/m1/s1. The van der Waals surface area contributed by atoms with E-state index >= 15 is 0 Å². The number of halogens is 1. The van der Waals surface area contributed by atoms with Gasteiger partial charge >= 0.3 is 5.97 Å². The van der Waals surface area contributed by atoms with Gasteiger partial charge in [-0.1, -0.05) is 28.1 Å². The quantitative estimate of drug-likeness (QED) is 0.853. The summed E-state index contributed by atoms with van der Waals surface area (Å²) in [5, 5.41) is 0. The van der Waals surface area contributed by atoms with Crippen LogP contribution in [0.5, 0.6) is 0 Å². The summed E-state index contributed by atoms with van der Waals surface area (Å²) in [6, 6.07) is 8.28. The molecule has 0 radical (unpaired) electrons. The Labute approximate surface area is 109 Å². The molecule has 1 aliphatic rings. The predicted octanol–water partition coefficient (Wildman–Crippen LogP) is 3.14. The van der Waals surface area contributed by atoms with Gasteiger partial charge in [0.2, 0.25) is 0 Å². The second kappa shape index (κ2) is 4.78. The van der Waals surface area contributed by atoms with Crippen LogP contribution < -0.4 is 5.90 Å². The van der Waals surface area contributed by atoms with E-state index in [-0.39, 0.29) is 5.97 Å². The van der Waals surface area contributed by atoms with Crippen LogP contribution in [0.3, 0.4) is 0 Å². The molecule has 1 saturated carbocycles. The van der Waals surface area contributed by atoms with Crippen LogP contribution in [0.1, 0.15) is 37.7 Å². The lowest BCUT2D eigenvalue weighted by molar-refractivity contribution is -0.155. The lowest BCUT2D eigenvalue weighted by Crippen LogP contribution is -2.29. The zero-order chi connectivity index (χ0) is 12.5. The molecule has 1 aromatic rings. The van der Waals surface area contributed by atoms with Gasteiger partial charge in [0.25, 0.3) is 0 Å². The molecule has 0 aromatic heterocycles. The fraction of sp³-hybridized carbons (Fsp3) is 0.462. The highest BCUT2D eigenvalue weighted by Gasteiger charge is 2.42. The minimum atomic E-state index is -0.424. The molecule has 0 aliphatic heterocycles. The van der Waals surface area contributed by atoms with Gasteiger partial charge in [-0.05, 0) is 49.8 Å². The molecule has 3 nitrogen and oxygen atoms in total. The number of hydrogen-bond acceptors (Lipinski definition) is 3. The van der Waals surface area contributed by atoms with E-state index in [4.69, 9.17) is 5.90 Å². The number of carbonyl (C=O) groups excluding carboxylic acids is 1. The third kappa shape index (κ3) is 2.53. The van der Waals surface area contributed by atoms with E-state index in [0.29, 0.717) is 5.92 Å². The van der Waals surface area contributed by atoms with Gasteiger partial charge in [0.1, 0.15) is 0 Å². The van der Waals surface area contributed by atoms with Crippen molar-refractivity contribution in [3.63, 3.8) is 0 Å². The monoisotopic (exact) mass is 297 g/mol. The summed E-state index contributed by atoms with van der Waals surface area (Å²) in [5.41, 5.74) is 0.855. The smallest absolute Gasteiger partial charge is 0.330 e. The molecule has 17 heavy (non-hydrogen) atoms. The van der Waals surface area contributed by atoms with Gasteiger partial charge < -0.3 is 4.84 Å². The molecule has 4 heteroatoms. The number of carbonyl (C=O) groups is 1. The number of hydrogen-bond donors (Lipinski definition) is 1. The van der Waals surface area contributed by atoms with E-state index in [2.05, 4.69) is 32.9 Å². The van der Waals surface area contributed by atoms with Crippen molar-refractivity contribution >= 4 is 21.9 Å². The fourth-order valence-corrected chi connectivity index (χ4v) is 2.85. The molecule has 2 rings (SSSR count). The van der Waals surface area contributed by atoms with Gasteiger partial charge in [-0.3, -0.25) is 0 Å². The molecule has 1 unspecified atom stereocenters. The fourth-order valence-electron chi connectivity index (χ4n) is 2.59. The van der Waals surface area contributed by atoms with Crippen molar-refractivity contribution < 1.29 is 9.63 Å². The second-order valence-corrected chi connectivity index (χ2v) is 5.87. The molecule has 0 bridgehead atoms. The van der Waals surface area contributed by atoms with Crippen LogP contribution >= 0.6 is 15.9 Å². The molecular weight excluding hydrogens is 282 g/mol. The summed E-state index contributed by atoms with van der Waals surface area (Å²) in [7, 11) is 0. The summed E-state index contributed by atoms with van der Waals surface area (Å²) in [5.74, 6) is 5.11. The molecule has 1 fully saturated rings. The minimum Gasteiger partial charge on any atom is -0.373 e. The van der Waals surface area contributed by atoms with Gasteiger partial charge in [-0.2, -0.15) is 5.90 Å². The van der Waals surface area contributed by atoms with Crippen LogP contribution in [0.2, 0.25) is 0 Å². The van der Waals surface area contributed by atoms with Crippen LogP contribution in [0.25, 0.3) is 0 Å². The Balaban J connectivity index is 2.12. The normalized spacial score (nSPS) is 28.1.